The molecule has 0 saturated carbocycles. The molecule has 1 aromatic heterocycles. The van der Waals surface area contributed by atoms with Gasteiger partial charge in [-0.2, -0.15) is 0 Å². The normalized spacial score (nSPS) is 10.4. The highest BCUT2D eigenvalue weighted by molar-refractivity contribution is 9.10. The van der Waals surface area contributed by atoms with E-state index < -0.39 is 0 Å². The first-order valence-corrected chi connectivity index (χ1v) is 6.30. The van der Waals surface area contributed by atoms with Gasteiger partial charge in [0.15, 0.2) is 0 Å². The molecule has 0 amide bonds. The summed E-state index contributed by atoms with van der Waals surface area (Å²) >= 11 is 4.75. The van der Waals surface area contributed by atoms with Crippen LogP contribution in [-0.2, 0) is 13.2 Å². The molecule has 0 atom stereocenters. The molecule has 4 nitrogen and oxygen atoms in total. The SMILES string of the molecule is OCc1nnc(NCc2ccc(Br)cc2)s1. The van der Waals surface area contributed by atoms with Crippen molar-refractivity contribution in [1.29, 1.82) is 0 Å². The van der Waals surface area contributed by atoms with Gasteiger partial charge in [0.2, 0.25) is 5.13 Å². The Morgan fingerprint density at radius 2 is 2.00 bits per heavy atom. The van der Waals surface area contributed by atoms with E-state index in [2.05, 4.69) is 31.4 Å². The molecular weight excluding hydrogens is 290 g/mol. The number of aromatic nitrogens is 2. The Morgan fingerprint density at radius 1 is 1.25 bits per heavy atom. The zero-order valence-electron chi connectivity index (χ0n) is 8.35. The Hall–Kier alpha value is -0.980. The van der Waals surface area contributed by atoms with Crippen LogP contribution in [0.3, 0.4) is 0 Å². The Labute approximate surface area is 105 Å². The molecule has 0 aliphatic carbocycles. The minimum Gasteiger partial charge on any atom is -0.389 e. The standard InChI is InChI=1S/C10H10BrN3OS/c11-8-3-1-7(2-4-8)5-12-10-14-13-9(6-15)16-10/h1-4,15H,5-6H2,(H,12,14). The first-order chi connectivity index (χ1) is 7.78. The summed E-state index contributed by atoms with van der Waals surface area (Å²) in [5.74, 6) is 0. The average Bonchev–Trinajstić information content (AvgIpc) is 2.76. The van der Waals surface area contributed by atoms with Crippen LogP contribution < -0.4 is 5.32 Å². The molecule has 0 unspecified atom stereocenters. The van der Waals surface area contributed by atoms with Gasteiger partial charge in [-0.15, -0.1) is 10.2 Å². The predicted octanol–water partition coefficient (Wildman–Crippen LogP) is 2.41. The van der Waals surface area contributed by atoms with Crippen LogP contribution in [0.4, 0.5) is 5.13 Å². The summed E-state index contributed by atoms with van der Waals surface area (Å²) in [6, 6.07) is 8.06. The van der Waals surface area contributed by atoms with Gasteiger partial charge in [0.25, 0.3) is 0 Å². The van der Waals surface area contributed by atoms with Gasteiger partial charge in [-0.05, 0) is 17.7 Å². The van der Waals surface area contributed by atoms with Crippen molar-refractivity contribution >= 4 is 32.4 Å². The number of nitrogens with one attached hydrogen (secondary N) is 1. The summed E-state index contributed by atoms with van der Waals surface area (Å²) in [7, 11) is 0. The molecule has 0 fully saturated rings. The quantitative estimate of drug-likeness (QED) is 0.910. The van der Waals surface area contributed by atoms with Crippen molar-refractivity contribution in [2.24, 2.45) is 0 Å². The summed E-state index contributed by atoms with van der Waals surface area (Å²) in [5, 5.41) is 21.1. The van der Waals surface area contributed by atoms with Crippen LogP contribution in [0.15, 0.2) is 28.7 Å². The number of benzene rings is 1. The van der Waals surface area contributed by atoms with Crippen LogP contribution in [0.25, 0.3) is 0 Å². The fraction of sp³-hybridized carbons (Fsp3) is 0.200. The van der Waals surface area contributed by atoms with Crippen molar-refractivity contribution in [3.05, 3.63) is 39.3 Å². The maximum atomic E-state index is 8.84. The molecule has 0 aliphatic rings. The van der Waals surface area contributed by atoms with Crippen molar-refractivity contribution < 1.29 is 5.11 Å². The minimum atomic E-state index is -0.0579. The number of hydrogen-bond donors (Lipinski definition) is 2. The number of aliphatic hydroxyl groups excluding tert-OH is 1. The summed E-state index contributed by atoms with van der Waals surface area (Å²) in [5.41, 5.74) is 1.17. The lowest BCUT2D eigenvalue weighted by Crippen LogP contribution is -1.98. The van der Waals surface area contributed by atoms with Crippen molar-refractivity contribution in [3.63, 3.8) is 0 Å². The lowest BCUT2D eigenvalue weighted by molar-refractivity contribution is 0.280. The second kappa shape index (κ2) is 5.38. The number of nitrogens with zero attached hydrogens (tertiary/aromatic N) is 2. The third kappa shape index (κ3) is 3.01. The van der Waals surface area contributed by atoms with Crippen LogP contribution in [0.1, 0.15) is 10.6 Å². The molecule has 16 heavy (non-hydrogen) atoms. The Morgan fingerprint density at radius 3 is 2.62 bits per heavy atom. The van der Waals surface area contributed by atoms with Crippen molar-refractivity contribution in [2.75, 3.05) is 5.32 Å². The van der Waals surface area contributed by atoms with E-state index in [9.17, 15) is 0 Å². The molecule has 1 aromatic carbocycles. The zero-order chi connectivity index (χ0) is 11.4. The molecule has 0 saturated heterocycles. The summed E-state index contributed by atoms with van der Waals surface area (Å²) < 4.78 is 1.06. The smallest absolute Gasteiger partial charge is 0.206 e. The predicted molar refractivity (Wildman–Crippen MR) is 67.3 cm³/mol. The van der Waals surface area contributed by atoms with Gasteiger partial charge in [-0.25, -0.2) is 0 Å². The van der Waals surface area contributed by atoms with Crippen molar-refractivity contribution in [3.8, 4) is 0 Å². The van der Waals surface area contributed by atoms with Gasteiger partial charge in [0.05, 0.1) is 6.61 Å². The molecule has 1 heterocycles. The van der Waals surface area contributed by atoms with E-state index in [-0.39, 0.29) is 6.61 Å². The Kier molecular flexibility index (Phi) is 3.87. The largest absolute Gasteiger partial charge is 0.389 e. The van der Waals surface area contributed by atoms with Crippen LogP contribution in [0.2, 0.25) is 0 Å². The van der Waals surface area contributed by atoms with Crippen molar-refractivity contribution in [2.45, 2.75) is 13.2 Å². The molecular formula is C10H10BrN3OS. The first-order valence-electron chi connectivity index (χ1n) is 4.69. The topological polar surface area (TPSA) is 58.0 Å². The molecule has 6 heteroatoms. The van der Waals surface area contributed by atoms with Gasteiger partial charge in [-0.3, -0.25) is 0 Å². The van der Waals surface area contributed by atoms with E-state index in [0.717, 1.165) is 9.60 Å². The Bertz CT molecular complexity index is 457. The van der Waals surface area contributed by atoms with Gasteiger partial charge in [0.1, 0.15) is 5.01 Å². The second-order valence-electron chi connectivity index (χ2n) is 3.14. The van der Waals surface area contributed by atoms with E-state index in [1.54, 1.807) is 0 Å². The highest BCUT2D eigenvalue weighted by Gasteiger charge is 2.01. The number of hydrogen-bond acceptors (Lipinski definition) is 5. The van der Waals surface area contributed by atoms with E-state index in [4.69, 9.17) is 5.11 Å². The highest BCUT2D eigenvalue weighted by Crippen LogP contribution is 2.16. The zero-order valence-corrected chi connectivity index (χ0v) is 10.8. The maximum absolute atomic E-state index is 8.84. The fourth-order valence-corrected chi connectivity index (χ4v) is 2.03. The average molecular weight is 300 g/mol. The Balaban J connectivity index is 1.94. The van der Waals surface area contributed by atoms with Crippen LogP contribution in [0.5, 0.6) is 0 Å². The highest BCUT2D eigenvalue weighted by atomic mass is 79.9. The molecule has 0 bridgehead atoms. The van der Waals surface area contributed by atoms with E-state index in [1.165, 1.54) is 16.9 Å². The first kappa shape index (κ1) is 11.5. The number of rotatable bonds is 4. The number of anilines is 1. The monoisotopic (exact) mass is 299 g/mol. The summed E-state index contributed by atoms with van der Waals surface area (Å²) in [6.07, 6.45) is 0. The molecule has 0 aliphatic heterocycles. The lowest BCUT2D eigenvalue weighted by Gasteiger charge is -2.01. The molecule has 0 radical (unpaired) electrons. The third-order valence-corrected chi connectivity index (χ3v) is 3.35. The van der Waals surface area contributed by atoms with Gasteiger partial charge >= 0.3 is 0 Å². The summed E-state index contributed by atoms with van der Waals surface area (Å²) in [6.45, 7) is 0.644. The molecule has 84 valence electrons. The van der Waals surface area contributed by atoms with Crippen LogP contribution in [-0.4, -0.2) is 15.3 Å². The maximum Gasteiger partial charge on any atom is 0.206 e. The van der Waals surface area contributed by atoms with Gasteiger partial charge in [0, 0.05) is 11.0 Å². The molecule has 2 aromatic rings. The fourth-order valence-electron chi connectivity index (χ4n) is 1.17. The van der Waals surface area contributed by atoms with Gasteiger partial charge < -0.3 is 10.4 Å². The third-order valence-electron chi connectivity index (χ3n) is 1.96. The van der Waals surface area contributed by atoms with E-state index >= 15 is 0 Å². The second-order valence-corrected chi connectivity index (χ2v) is 5.12. The van der Waals surface area contributed by atoms with Crippen molar-refractivity contribution in [1.82, 2.24) is 10.2 Å². The summed E-state index contributed by atoms with van der Waals surface area (Å²) in [4.78, 5) is 0. The minimum absolute atomic E-state index is 0.0579. The van der Waals surface area contributed by atoms with Crippen LogP contribution >= 0.6 is 27.3 Å². The van der Waals surface area contributed by atoms with Crippen LogP contribution in [0, 0.1) is 0 Å². The molecule has 2 rings (SSSR count). The van der Waals surface area contributed by atoms with E-state index in [1.807, 2.05) is 24.3 Å². The van der Waals surface area contributed by atoms with Gasteiger partial charge in [-0.1, -0.05) is 39.4 Å². The van der Waals surface area contributed by atoms with E-state index in [0.29, 0.717) is 11.6 Å². The molecule has 0 spiro atoms. The lowest BCUT2D eigenvalue weighted by atomic mass is 10.2. The molecule has 2 N–H and O–H groups in total. The number of aliphatic hydroxyl groups is 1. The number of halogens is 1.